The number of fused-ring (bicyclic) bond motifs is 1. The number of amides is 1. The molecule has 3 atom stereocenters. The van der Waals surface area contributed by atoms with Crippen molar-refractivity contribution >= 4 is 24.0 Å². The van der Waals surface area contributed by atoms with Crippen LogP contribution in [-0.2, 0) is 4.79 Å². The molecule has 5 heteroatoms. The minimum absolute atomic E-state index is 0. The molecule has 22 heavy (non-hydrogen) atoms. The van der Waals surface area contributed by atoms with Gasteiger partial charge in [0.25, 0.3) is 0 Å². The fraction of sp³-hybridized carbons (Fsp3) is 0.588. The molecule has 3 unspecified atom stereocenters. The van der Waals surface area contributed by atoms with Gasteiger partial charge in [0, 0.05) is 24.8 Å². The van der Waals surface area contributed by atoms with Crippen LogP contribution in [0.4, 0.5) is 5.69 Å². The van der Waals surface area contributed by atoms with Gasteiger partial charge >= 0.3 is 0 Å². The van der Waals surface area contributed by atoms with Crippen molar-refractivity contribution in [3.63, 3.8) is 0 Å². The zero-order chi connectivity index (χ0) is 15.0. The minimum atomic E-state index is 0. The normalized spacial score (nSPS) is 27.3. The standard InChI is InChI=1S/C17H25N3O.ClH/c1-11-4-3-5-16(12(11)2)19-17(21)10-20-8-13-6-7-15(18)14(13)9-20;/h3-5,13-15H,6-10,18H2,1-2H3,(H,19,21);1H. The number of hydrogen-bond acceptors (Lipinski definition) is 3. The lowest BCUT2D eigenvalue weighted by Gasteiger charge is -2.18. The van der Waals surface area contributed by atoms with Crippen LogP contribution < -0.4 is 11.1 Å². The SMILES string of the molecule is Cc1cccc(NC(=O)CN2CC3CCC(N)C3C2)c1C.Cl. The molecule has 0 aromatic heterocycles. The summed E-state index contributed by atoms with van der Waals surface area (Å²) < 4.78 is 0. The van der Waals surface area contributed by atoms with Crippen LogP contribution in [0.3, 0.4) is 0 Å². The van der Waals surface area contributed by atoms with Gasteiger partial charge in [-0.05, 0) is 55.7 Å². The van der Waals surface area contributed by atoms with Crippen molar-refractivity contribution in [1.82, 2.24) is 4.90 Å². The van der Waals surface area contributed by atoms with Crippen LogP contribution in [-0.4, -0.2) is 36.5 Å². The first-order chi connectivity index (χ1) is 10.0. The van der Waals surface area contributed by atoms with Gasteiger partial charge in [0.2, 0.25) is 5.91 Å². The van der Waals surface area contributed by atoms with Crippen molar-refractivity contribution in [2.75, 3.05) is 25.0 Å². The first-order valence-corrected chi connectivity index (χ1v) is 7.88. The van der Waals surface area contributed by atoms with Gasteiger partial charge < -0.3 is 11.1 Å². The molecule has 1 amide bonds. The third-order valence-electron chi connectivity index (χ3n) is 5.23. The van der Waals surface area contributed by atoms with Crippen LogP contribution in [0, 0.1) is 25.7 Å². The molecule has 1 heterocycles. The van der Waals surface area contributed by atoms with E-state index in [-0.39, 0.29) is 18.3 Å². The van der Waals surface area contributed by atoms with Gasteiger partial charge in [0.1, 0.15) is 0 Å². The van der Waals surface area contributed by atoms with Crippen LogP contribution in [0.1, 0.15) is 24.0 Å². The van der Waals surface area contributed by atoms with E-state index in [2.05, 4.69) is 23.2 Å². The van der Waals surface area contributed by atoms with Gasteiger partial charge in [-0.3, -0.25) is 9.69 Å². The molecule has 1 aromatic carbocycles. The van der Waals surface area contributed by atoms with Crippen LogP contribution in [0.5, 0.6) is 0 Å². The van der Waals surface area contributed by atoms with E-state index in [0.717, 1.165) is 30.8 Å². The number of aryl methyl sites for hydroxylation is 1. The predicted molar refractivity (Wildman–Crippen MR) is 92.4 cm³/mol. The van der Waals surface area contributed by atoms with Crippen molar-refractivity contribution in [2.45, 2.75) is 32.7 Å². The number of nitrogens with zero attached hydrogens (tertiary/aromatic N) is 1. The maximum absolute atomic E-state index is 12.2. The summed E-state index contributed by atoms with van der Waals surface area (Å²) in [5.74, 6) is 1.38. The molecule has 4 nitrogen and oxygen atoms in total. The smallest absolute Gasteiger partial charge is 0.238 e. The molecule has 1 aliphatic carbocycles. The van der Waals surface area contributed by atoms with E-state index in [4.69, 9.17) is 5.73 Å². The van der Waals surface area contributed by atoms with Gasteiger partial charge in [-0.25, -0.2) is 0 Å². The lowest BCUT2D eigenvalue weighted by Crippen LogP contribution is -2.34. The summed E-state index contributed by atoms with van der Waals surface area (Å²) >= 11 is 0. The fourth-order valence-electron chi connectivity index (χ4n) is 3.81. The van der Waals surface area contributed by atoms with E-state index in [1.807, 2.05) is 19.1 Å². The van der Waals surface area contributed by atoms with Crippen LogP contribution in [0.2, 0.25) is 0 Å². The Morgan fingerprint density at radius 1 is 1.32 bits per heavy atom. The molecule has 2 fully saturated rings. The van der Waals surface area contributed by atoms with Crippen molar-refractivity contribution in [3.8, 4) is 0 Å². The molecule has 1 aromatic rings. The van der Waals surface area contributed by atoms with E-state index in [9.17, 15) is 4.79 Å². The van der Waals surface area contributed by atoms with Crippen molar-refractivity contribution in [2.24, 2.45) is 17.6 Å². The second-order valence-electron chi connectivity index (χ2n) is 6.65. The summed E-state index contributed by atoms with van der Waals surface area (Å²) in [5, 5.41) is 3.04. The molecule has 0 spiro atoms. The van der Waals surface area contributed by atoms with E-state index in [1.165, 1.54) is 12.0 Å². The van der Waals surface area contributed by atoms with Crippen molar-refractivity contribution in [1.29, 1.82) is 0 Å². The van der Waals surface area contributed by atoms with E-state index >= 15 is 0 Å². The molecule has 0 bridgehead atoms. The number of nitrogens with one attached hydrogen (secondary N) is 1. The highest BCUT2D eigenvalue weighted by atomic mass is 35.5. The monoisotopic (exact) mass is 323 g/mol. The molecular weight excluding hydrogens is 298 g/mol. The number of carbonyl (C=O) groups is 1. The lowest BCUT2D eigenvalue weighted by atomic mass is 9.98. The Morgan fingerprint density at radius 2 is 2.09 bits per heavy atom. The summed E-state index contributed by atoms with van der Waals surface area (Å²) in [4.78, 5) is 14.5. The van der Waals surface area contributed by atoms with Gasteiger partial charge in [0.05, 0.1) is 6.54 Å². The predicted octanol–water partition coefficient (Wildman–Crippen LogP) is 2.33. The Morgan fingerprint density at radius 3 is 2.82 bits per heavy atom. The number of halogens is 1. The van der Waals surface area contributed by atoms with E-state index < -0.39 is 0 Å². The highest BCUT2D eigenvalue weighted by molar-refractivity contribution is 5.93. The zero-order valence-corrected chi connectivity index (χ0v) is 14.2. The number of carbonyl (C=O) groups excluding carboxylic acids is 1. The Hall–Kier alpha value is -1.10. The molecule has 0 radical (unpaired) electrons. The Bertz CT molecular complexity index is 549. The van der Waals surface area contributed by atoms with Crippen LogP contribution in [0.15, 0.2) is 18.2 Å². The topological polar surface area (TPSA) is 58.4 Å². The average molecular weight is 324 g/mol. The number of anilines is 1. The number of likely N-dealkylation sites (tertiary alicyclic amines) is 1. The summed E-state index contributed by atoms with van der Waals surface area (Å²) in [5.41, 5.74) is 9.42. The quantitative estimate of drug-likeness (QED) is 0.897. The third-order valence-corrected chi connectivity index (χ3v) is 5.23. The molecule has 1 saturated carbocycles. The van der Waals surface area contributed by atoms with Gasteiger partial charge in [-0.1, -0.05) is 12.1 Å². The molecule has 2 aliphatic rings. The van der Waals surface area contributed by atoms with Gasteiger partial charge in [-0.15, -0.1) is 12.4 Å². The highest BCUT2D eigenvalue weighted by Gasteiger charge is 2.41. The van der Waals surface area contributed by atoms with Gasteiger partial charge in [0.15, 0.2) is 0 Å². The number of rotatable bonds is 3. The summed E-state index contributed by atoms with van der Waals surface area (Å²) in [6, 6.07) is 6.35. The Labute approximate surface area is 138 Å². The number of nitrogens with two attached hydrogens (primary N) is 1. The fourth-order valence-corrected chi connectivity index (χ4v) is 3.81. The molecule has 1 aliphatic heterocycles. The second-order valence-corrected chi connectivity index (χ2v) is 6.65. The first kappa shape index (κ1) is 17.3. The highest BCUT2D eigenvalue weighted by Crippen LogP contribution is 2.36. The largest absolute Gasteiger partial charge is 0.327 e. The number of benzene rings is 1. The summed E-state index contributed by atoms with van der Waals surface area (Å²) in [6.45, 7) is 6.59. The zero-order valence-electron chi connectivity index (χ0n) is 13.3. The second kappa shape index (κ2) is 6.99. The van der Waals surface area contributed by atoms with Crippen molar-refractivity contribution < 1.29 is 4.79 Å². The Balaban J connectivity index is 0.00000176. The molecule has 122 valence electrons. The number of hydrogen-bond donors (Lipinski definition) is 2. The van der Waals surface area contributed by atoms with E-state index in [1.54, 1.807) is 0 Å². The first-order valence-electron chi connectivity index (χ1n) is 7.88. The molecule has 3 rings (SSSR count). The third kappa shape index (κ3) is 3.45. The van der Waals surface area contributed by atoms with Gasteiger partial charge in [-0.2, -0.15) is 0 Å². The molecule has 3 N–H and O–H groups in total. The van der Waals surface area contributed by atoms with E-state index in [0.29, 0.717) is 24.4 Å². The average Bonchev–Trinajstić information content (AvgIpc) is 2.97. The summed E-state index contributed by atoms with van der Waals surface area (Å²) in [6.07, 6.45) is 2.37. The lowest BCUT2D eigenvalue weighted by molar-refractivity contribution is -0.117. The van der Waals surface area contributed by atoms with Crippen molar-refractivity contribution in [3.05, 3.63) is 29.3 Å². The minimum Gasteiger partial charge on any atom is -0.327 e. The maximum Gasteiger partial charge on any atom is 0.238 e. The Kier molecular flexibility index (Phi) is 5.48. The molecule has 1 saturated heterocycles. The van der Waals surface area contributed by atoms with Crippen LogP contribution in [0.25, 0.3) is 0 Å². The van der Waals surface area contributed by atoms with Crippen LogP contribution >= 0.6 is 12.4 Å². The molecular formula is C17H26ClN3O. The summed E-state index contributed by atoms with van der Waals surface area (Å²) in [7, 11) is 0. The maximum atomic E-state index is 12.2.